The second-order valence-electron chi connectivity index (χ2n) is 7.76. The van der Waals surface area contributed by atoms with Gasteiger partial charge in [0, 0.05) is 55.8 Å². The van der Waals surface area contributed by atoms with Crippen LogP contribution in [-0.2, 0) is 6.54 Å². The van der Waals surface area contributed by atoms with Crippen LogP contribution in [0.2, 0.25) is 0 Å². The molecule has 8 nitrogen and oxygen atoms in total. The number of fused-ring (bicyclic) bond motifs is 1. The Labute approximate surface area is 203 Å². The summed E-state index contributed by atoms with van der Waals surface area (Å²) in [6.45, 7) is 0.397. The van der Waals surface area contributed by atoms with Crippen LogP contribution < -0.4 is 16.4 Å². The largest absolute Gasteiger partial charge is 0.394 e. The fraction of sp³-hybridized carbons (Fsp3) is 0.0800. The monoisotopic (exact) mass is 488 g/mol. The SMILES string of the molecule is Nc1ncc(-c2cnn(CCO)c2)c2scc(-c3ccccc3NC(=O)Nc3cccc(F)c3)c12. The maximum Gasteiger partial charge on any atom is 0.323 e. The van der Waals surface area contributed by atoms with Gasteiger partial charge in [-0.15, -0.1) is 11.3 Å². The maximum atomic E-state index is 13.5. The Morgan fingerprint density at radius 1 is 1.09 bits per heavy atom. The fourth-order valence-corrected chi connectivity index (χ4v) is 4.99. The zero-order valence-corrected chi connectivity index (χ0v) is 19.2. The number of nitrogens with zero attached hydrogens (tertiary/aromatic N) is 3. The Morgan fingerprint density at radius 3 is 2.77 bits per heavy atom. The van der Waals surface area contributed by atoms with Gasteiger partial charge in [-0.2, -0.15) is 5.10 Å². The van der Waals surface area contributed by atoms with Crippen LogP contribution in [0.25, 0.3) is 32.3 Å². The van der Waals surface area contributed by atoms with Gasteiger partial charge in [-0.05, 0) is 24.3 Å². The van der Waals surface area contributed by atoms with Crippen molar-refractivity contribution in [2.75, 3.05) is 23.0 Å². The molecule has 0 saturated carbocycles. The molecule has 5 rings (SSSR count). The summed E-state index contributed by atoms with van der Waals surface area (Å²) in [5.41, 5.74) is 10.6. The number of pyridine rings is 1. The molecule has 2 amide bonds. The first kappa shape index (κ1) is 22.5. The predicted octanol–water partition coefficient (Wildman–Crippen LogP) is 5.18. The van der Waals surface area contributed by atoms with E-state index in [0.29, 0.717) is 23.7 Å². The molecule has 0 unspecified atom stereocenters. The van der Waals surface area contributed by atoms with E-state index < -0.39 is 11.8 Å². The van der Waals surface area contributed by atoms with E-state index in [9.17, 15) is 14.3 Å². The number of aliphatic hydroxyl groups is 1. The molecule has 0 bridgehead atoms. The highest BCUT2D eigenvalue weighted by molar-refractivity contribution is 7.18. The number of benzene rings is 2. The predicted molar refractivity (Wildman–Crippen MR) is 137 cm³/mol. The molecule has 176 valence electrons. The number of aliphatic hydroxyl groups excluding tert-OH is 1. The number of thiophene rings is 1. The number of anilines is 3. The van der Waals surface area contributed by atoms with Crippen molar-refractivity contribution in [1.82, 2.24) is 14.8 Å². The van der Waals surface area contributed by atoms with E-state index >= 15 is 0 Å². The number of carbonyl (C=O) groups is 1. The third-order valence-electron chi connectivity index (χ3n) is 5.45. The van der Waals surface area contributed by atoms with Crippen molar-refractivity contribution in [1.29, 1.82) is 0 Å². The molecular weight excluding hydrogens is 467 g/mol. The molecule has 0 spiro atoms. The van der Waals surface area contributed by atoms with Crippen molar-refractivity contribution < 1.29 is 14.3 Å². The van der Waals surface area contributed by atoms with Crippen molar-refractivity contribution in [2.24, 2.45) is 0 Å². The van der Waals surface area contributed by atoms with Crippen LogP contribution in [0.5, 0.6) is 0 Å². The number of nitrogens with two attached hydrogens (primary N) is 1. The van der Waals surface area contributed by atoms with Crippen LogP contribution in [0.15, 0.2) is 72.5 Å². The molecule has 5 N–H and O–H groups in total. The Balaban J connectivity index is 1.51. The summed E-state index contributed by atoms with van der Waals surface area (Å²) in [5, 5.41) is 21.7. The molecule has 3 aromatic heterocycles. The van der Waals surface area contributed by atoms with E-state index in [1.54, 1.807) is 29.2 Å². The number of hydrogen-bond acceptors (Lipinski definition) is 6. The molecule has 35 heavy (non-hydrogen) atoms. The molecule has 5 aromatic rings. The van der Waals surface area contributed by atoms with E-state index in [-0.39, 0.29) is 6.61 Å². The van der Waals surface area contributed by atoms with Crippen molar-refractivity contribution in [3.63, 3.8) is 0 Å². The minimum atomic E-state index is -0.495. The maximum absolute atomic E-state index is 13.5. The van der Waals surface area contributed by atoms with Crippen molar-refractivity contribution in [3.8, 4) is 22.3 Å². The molecule has 10 heteroatoms. The first-order valence-electron chi connectivity index (χ1n) is 10.8. The van der Waals surface area contributed by atoms with E-state index in [1.807, 2.05) is 29.8 Å². The molecule has 0 fully saturated rings. The zero-order chi connectivity index (χ0) is 24.4. The van der Waals surface area contributed by atoms with Crippen LogP contribution in [0, 0.1) is 5.82 Å². The Kier molecular flexibility index (Phi) is 6.13. The third-order valence-corrected chi connectivity index (χ3v) is 6.46. The number of para-hydroxylation sites is 1. The minimum Gasteiger partial charge on any atom is -0.394 e. The van der Waals surface area contributed by atoms with Gasteiger partial charge >= 0.3 is 6.03 Å². The van der Waals surface area contributed by atoms with Gasteiger partial charge < -0.3 is 21.5 Å². The van der Waals surface area contributed by atoms with Crippen LogP contribution in [0.4, 0.5) is 26.4 Å². The average Bonchev–Trinajstić information content (AvgIpc) is 3.48. The highest BCUT2D eigenvalue weighted by Gasteiger charge is 2.18. The molecule has 0 atom stereocenters. The molecule has 2 aromatic carbocycles. The van der Waals surface area contributed by atoms with Gasteiger partial charge in [-0.1, -0.05) is 24.3 Å². The number of amides is 2. The van der Waals surface area contributed by atoms with Gasteiger partial charge in [-0.25, -0.2) is 14.2 Å². The molecule has 0 aliphatic heterocycles. The topological polar surface area (TPSA) is 118 Å². The van der Waals surface area contributed by atoms with Crippen molar-refractivity contribution in [2.45, 2.75) is 6.54 Å². The number of halogens is 1. The summed E-state index contributed by atoms with van der Waals surface area (Å²) in [7, 11) is 0. The lowest BCUT2D eigenvalue weighted by molar-refractivity contribution is 0.262. The average molecular weight is 489 g/mol. The number of aromatic nitrogens is 3. The van der Waals surface area contributed by atoms with Gasteiger partial charge in [0.05, 0.1) is 25.0 Å². The summed E-state index contributed by atoms with van der Waals surface area (Å²) >= 11 is 1.52. The zero-order valence-electron chi connectivity index (χ0n) is 18.4. The van der Waals surface area contributed by atoms with Gasteiger partial charge in [-0.3, -0.25) is 4.68 Å². The third kappa shape index (κ3) is 4.57. The normalized spacial score (nSPS) is 11.0. The number of nitrogen functional groups attached to an aromatic ring is 1. The number of carbonyl (C=O) groups excluding carboxylic acids is 1. The molecule has 0 aliphatic carbocycles. The summed E-state index contributed by atoms with van der Waals surface area (Å²) in [5.74, 6) is -0.0598. The van der Waals surface area contributed by atoms with E-state index in [2.05, 4.69) is 20.7 Å². The number of urea groups is 1. The minimum absolute atomic E-state index is 0.00373. The lowest BCUT2D eigenvalue weighted by Gasteiger charge is -2.12. The number of rotatable bonds is 6. The molecule has 0 radical (unpaired) electrons. The standard InChI is InChI=1S/C25H21FN6O2S/c26-16-4-3-5-17(10-16)30-25(34)31-21-7-2-1-6-18(21)20-14-35-23-19(12-28-24(27)22(20)23)15-11-29-32(13-15)8-9-33/h1-7,10-14,33H,8-9H2,(H2,27,28)(H2,30,31,34). The quantitative estimate of drug-likeness (QED) is 0.263. The number of nitrogens with one attached hydrogen (secondary N) is 2. The Morgan fingerprint density at radius 2 is 1.94 bits per heavy atom. The van der Waals surface area contributed by atoms with Gasteiger partial charge in [0.15, 0.2) is 0 Å². The lowest BCUT2D eigenvalue weighted by Crippen LogP contribution is -2.19. The summed E-state index contributed by atoms with van der Waals surface area (Å²) in [6, 6.07) is 12.6. The molecule has 3 heterocycles. The first-order valence-corrected chi connectivity index (χ1v) is 11.6. The van der Waals surface area contributed by atoms with Crippen molar-refractivity contribution >= 4 is 44.6 Å². The molecule has 0 aliphatic rings. The van der Waals surface area contributed by atoms with Gasteiger partial charge in [0.25, 0.3) is 0 Å². The van der Waals surface area contributed by atoms with E-state index in [4.69, 9.17) is 5.73 Å². The second kappa shape index (κ2) is 9.53. The smallest absolute Gasteiger partial charge is 0.323 e. The van der Waals surface area contributed by atoms with E-state index in [0.717, 1.165) is 32.3 Å². The molecular formula is C25H21FN6O2S. The van der Waals surface area contributed by atoms with Crippen molar-refractivity contribution in [3.05, 3.63) is 78.3 Å². The van der Waals surface area contributed by atoms with E-state index in [1.165, 1.54) is 29.5 Å². The first-order chi connectivity index (χ1) is 17.0. The molecule has 0 saturated heterocycles. The van der Waals surface area contributed by atoms with Gasteiger partial charge in [0.1, 0.15) is 11.6 Å². The summed E-state index contributed by atoms with van der Waals surface area (Å²) in [4.78, 5) is 17.0. The van der Waals surface area contributed by atoms with Crippen LogP contribution in [0.3, 0.4) is 0 Å². The fourth-order valence-electron chi connectivity index (χ4n) is 3.88. The highest BCUT2D eigenvalue weighted by atomic mass is 32.1. The van der Waals surface area contributed by atoms with Crippen LogP contribution in [0.1, 0.15) is 0 Å². The lowest BCUT2D eigenvalue weighted by atomic mass is 10.0. The highest BCUT2D eigenvalue weighted by Crippen LogP contribution is 2.43. The Hall–Kier alpha value is -4.28. The summed E-state index contributed by atoms with van der Waals surface area (Å²) < 4.78 is 16.1. The second-order valence-corrected chi connectivity index (χ2v) is 8.64. The Bertz CT molecular complexity index is 1530. The number of hydrogen-bond donors (Lipinski definition) is 4. The summed E-state index contributed by atoms with van der Waals surface area (Å²) in [6.07, 6.45) is 5.30. The van der Waals surface area contributed by atoms with Gasteiger partial charge in [0.2, 0.25) is 0 Å². The van der Waals surface area contributed by atoms with Crippen LogP contribution in [-0.4, -0.2) is 32.5 Å². The van der Waals surface area contributed by atoms with Crippen LogP contribution >= 0.6 is 11.3 Å².